The first-order chi connectivity index (χ1) is 16.2. The molecule has 3 aromatic rings. The molecule has 1 amide bonds. The van der Waals surface area contributed by atoms with Gasteiger partial charge in [0, 0.05) is 42.2 Å². The smallest absolute Gasteiger partial charge is 0.273 e. The van der Waals surface area contributed by atoms with Gasteiger partial charge in [-0.2, -0.15) is 5.10 Å². The summed E-state index contributed by atoms with van der Waals surface area (Å²) in [4.78, 5) is 19.2. The number of ether oxygens (including phenoxy) is 1. The van der Waals surface area contributed by atoms with E-state index >= 15 is 0 Å². The molecule has 1 aromatic heterocycles. The first-order valence-corrected chi connectivity index (χ1v) is 12.8. The number of benzene rings is 2. The van der Waals surface area contributed by atoms with E-state index < -0.39 is 0 Å². The van der Waals surface area contributed by atoms with E-state index in [0.29, 0.717) is 12.2 Å². The molecule has 5 rings (SSSR count). The van der Waals surface area contributed by atoms with Gasteiger partial charge in [-0.05, 0) is 37.3 Å². The topological polar surface area (TPSA) is 61.5 Å². The van der Waals surface area contributed by atoms with Crippen LogP contribution in [-0.4, -0.2) is 71.6 Å². The van der Waals surface area contributed by atoms with Gasteiger partial charge in [0.05, 0.1) is 24.9 Å². The maximum absolute atomic E-state index is 13.5. The molecule has 1 N–H and O–H groups in total. The quantitative estimate of drug-likeness (QED) is 0.528. The highest BCUT2D eigenvalue weighted by Gasteiger charge is 2.41. The molecule has 0 saturated carbocycles. The number of nitrogens with one attached hydrogen (secondary N) is 1. The molecule has 1 atom stereocenters. The molecule has 1 saturated heterocycles. The highest BCUT2D eigenvalue weighted by Crippen LogP contribution is 2.43. The number of rotatable bonds is 7. The molecule has 2 aromatic carbocycles. The standard InChI is InChI=1S/C26H30N4O2S/c1-18-4-6-19(7-5-18)23-22-24(28-27-23)26(31)30(13-3-12-29-14-16-32-17-15-29)25(22)20-8-10-21(33-2)11-9-20/h4-11,25H,3,12-17H2,1-2H3,(H,27,28). The maximum Gasteiger partial charge on any atom is 0.273 e. The van der Waals surface area contributed by atoms with E-state index in [0.717, 1.165) is 61.7 Å². The van der Waals surface area contributed by atoms with Crippen molar-refractivity contribution in [1.82, 2.24) is 20.0 Å². The summed E-state index contributed by atoms with van der Waals surface area (Å²) in [5.41, 5.74) is 5.85. The Morgan fingerprint density at radius 1 is 1.06 bits per heavy atom. The Bertz CT molecular complexity index is 1100. The number of aromatic amines is 1. The average Bonchev–Trinajstić information content (AvgIpc) is 3.40. The van der Waals surface area contributed by atoms with Gasteiger partial charge in [0.2, 0.25) is 0 Å². The zero-order valence-corrected chi connectivity index (χ0v) is 20.0. The van der Waals surface area contributed by atoms with Crippen LogP contribution in [0.5, 0.6) is 0 Å². The van der Waals surface area contributed by atoms with Crippen LogP contribution in [0.1, 0.15) is 39.6 Å². The maximum atomic E-state index is 13.5. The number of amides is 1. The van der Waals surface area contributed by atoms with E-state index in [9.17, 15) is 4.79 Å². The van der Waals surface area contributed by atoms with Crippen LogP contribution in [0, 0.1) is 6.92 Å². The van der Waals surface area contributed by atoms with Gasteiger partial charge in [0.25, 0.3) is 5.91 Å². The largest absolute Gasteiger partial charge is 0.379 e. The van der Waals surface area contributed by atoms with Crippen molar-refractivity contribution in [2.75, 3.05) is 45.6 Å². The van der Waals surface area contributed by atoms with Gasteiger partial charge < -0.3 is 9.64 Å². The van der Waals surface area contributed by atoms with Crippen molar-refractivity contribution in [1.29, 1.82) is 0 Å². The molecule has 0 bridgehead atoms. The van der Waals surface area contributed by atoms with Crippen molar-refractivity contribution in [2.24, 2.45) is 0 Å². The van der Waals surface area contributed by atoms with Crippen LogP contribution < -0.4 is 0 Å². The minimum Gasteiger partial charge on any atom is -0.379 e. The molecule has 2 aliphatic rings. The number of carbonyl (C=O) groups excluding carboxylic acids is 1. The lowest BCUT2D eigenvalue weighted by atomic mass is 9.95. The molecule has 0 spiro atoms. The van der Waals surface area contributed by atoms with Crippen molar-refractivity contribution in [3.8, 4) is 11.3 Å². The summed E-state index contributed by atoms with van der Waals surface area (Å²) in [5.74, 6) is 0.0387. The number of morpholine rings is 1. The molecular formula is C26H30N4O2S. The van der Waals surface area contributed by atoms with E-state index in [4.69, 9.17) is 4.74 Å². The number of H-pyrrole nitrogens is 1. The Labute approximate surface area is 199 Å². The van der Waals surface area contributed by atoms with Gasteiger partial charge in [-0.25, -0.2) is 0 Å². The summed E-state index contributed by atoms with van der Waals surface area (Å²) in [6.07, 6.45) is 3.01. The Hall–Kier alpha value is -2.61. The van der Waals surface area contributed by atoms with Crippen molar-refractivity contribution >= 4 is 17.7 Å². The lowest BCUT2D eigenvalue weighted by Crippen LogP contribution is -2.38. The van der Waals surface area contributed by atoms with Gasteiger partial charge in [0.15, 0.2) is 0 Å². The molecule has 6 nitrogen and oxygen atoms in total. The summed E-state index contributed by atoms with van der Waals surface area (Å²) in [7, 11) is 0. The minimum absolute atomic E-state index is 0.0387. The number of nitrogens with zero attached hydrogens (tertiary/aromatic N) is 3. The lowest BCUT2D eigenvalue weighted by Gasteiger charge is -2.29. The predicted molar refractivity (Wildman–Crippen MR) is 132 cm³/mol. The van der Waals surface area contributed by atoms with E-state index in [-0.39, 0.29) is 11.9 Å². The second kappa shape index (κ2) is 9.71. The molecule has 33 heavy (non-hydrogen) atoms. The highest BCUT2D eigenvalue weighted by molar-refractivity contribution is 7.98. The van der Waals surface area contributed by atoms with Gasteiger partial charge in [-0.3, -0.25) is 14.8 Å². The number of carbonyl (C=O) groups is 1. The molecule has 1 fully saturated rings. The first kappa shape index (κ1) is 22.2. The third-order valence-electron chi connectivity index (χ3n) is 6.60. The van der Waals surface area contributed by atoms with Crippen LogP contribution in [0.3, 0.4) is 0 Å². The fraction of sp³-hybridized carbons (Fsp3) is 0.385. The summed E-state index contributed by atoms with van der Waals surface area (Å²) < 4.78 is 5.47. The third-order valence-corrected chi connectivity index (χ3v) is 7.34. The second-order valence-corrected chi connectivity index (χ2v) is 9.59. The van der Waals surface area contributed by atoms with E-state index in [1.807, 2.05) is 4.90 Å². The van der Waals surface area contributed by atoms with Crippen LogP contribution in [0.4, 0.5) is 0 Å². The normalized spacial score (nSPS) is 18.7. The van der Waals surface area contributed by atoms with Crippen molar-refractivity contribution in [2.45, 2.75) is 24.3 Å². The lowest BCUT2D eigenvalue weighted by molar-refractivity contribution is 0.0354. The Morgan fingerprint density at radius 2 is 1.79 bits per heavy atom. The van der Waals surface area contributed by atoms with Crippen molar-refractivity contribution in [3.63, 3.8) is 0 Å². The number of aromatic nitrogens is 2. The minimum atomic E-state index is -0.136. The van der Waals surface area contributed by atoms with E-state index in [2.05, 4.69) is 76.8 Å². The van der Waals surface area contributed by atoms with Gasteiger partial charge in [-0.15, -0.1) is 11.8 Å². The fourth-order valence-corrected chi connectivity index (χ4v) is 5.19. The molecule has 7 heteroatoms. The van der Waals surface area contributed by atoms with Crippen LogP contribution in [0.25, 0.3) is 11.3 Å². The number of aryl methyl sites for hydroxylation is 1. The van der Waals surface area contributed by atoms with Gasteiger partial charge in [0.1, 0.15) is 5.69 Å². The van der Waals surface area contributed by atoms with Gasteiger partial charge >= 0.3 is 0 Å². The van der Waals surface area contributed by atoms with E-state index in [1.165, 1.54) is 10.5 Å². The number of hydrogen-bond acceptors (Lipinski definition) is 5. The molecular weight excluding hydrogens is 432 g/mol. The SMILES string of the molecule is CSc1ccc(C2c3c(-c4ccc(C)cc4)n[nH]c3C(=O)N2CCCN2CCOCC2)cc1. The summed E-state index contributed by atoms with van der Waals surface area (Å²) in [5, 5.41) is 7.66. The fourth-order valence-electron chi connectivity index (χ4n) is 4.78. The van der Waals surface area contributed by atoms with E-state index in [1.54, 1.807) is 11.8 Å². The number of fused-ring (bicyclic) bond motifs is 1. The highest BCUT2D eigenvalue weighted by atomic mass is 32.2. The van der Waals surface area contributed by atoms with Crippen LogP contribution >= 0.6 is 11.8 Å². The molecule has 0 radical (unpaired) electrons. The Kier molecular flexibility index (Phi) is 6.53. The molecule has 172 valence electrons. The second-order valence-electron chi connectivity index (χ2n) is 8.71. The van der Waals surface area contributed by atoms with Gasteiger partial charge in [-0.1, -0.05) is 42.0 Å². The summed E-state index contributed by atoms with van der Waals surface area (Å²) >= 11 is 1.72. The predicted octanol–water partition coefficient (Wildman–Crippen LogP) is 4.37. The zero-order valence-electron chi connectivity index (χ0n) is 19.2. The summed E-state index contributed by atoms with van der Waals surface area (Å²) in [6, 6.07) is 16.8. The monoisotopic (exact) mass is 462 g/mol. The average molecular weight is 463 g/mol. The van der Waals surface area contributed by atoms with Crippen molar-refractivity contribution < 1.29 is 9.53 Å². The van der Waals surface area contributed by atoms with Crippen molar-refractivity contribution in [3.05, 3.63) is 70.9 Å². The molecule has 0 aliphatic carbocycles. The number of thioether (sulfide) groups is 1. The third kappa shape index (κ3) is 4.45. The number of hydrogen-bond donors (Lipinski definition) is 1. The molecule has 1 unspecified atom stereocenters. The molecule has 2 aliphatic heterocycles. The van der Waals surface area contributed by atoms with Crippen LogP contribution in [0.2, 0.25) is 0 Å². The first-order valence-electron chi connectivity index (χ1n) is 11.6. The van der Waals surface area contributed by atoms with Crippen LogP contribution in [0.15, 0.2) is 53.4 Å². The Morgan fingerprint density at radius 3 is 2.48 bits per heavy atom. The van der Waals surface area contributed by atoms with Crippen LogP contribution in [-0.2, 0) is 4.74 Å². The zero-order chi connectivity index (χ0) is 22.8. The Balaban J connectivity index is 1.47. The summed E-state index contributed by atoms with van der Waals surface area (Å²) in [6.45, 7) is 7.28. The molecule has 3 heterocycles.